The number of nitrogens with one attached hydrogen (secondary N) is 1. The number of carbonyl (C=O) groups is 1. The minimum absolute atomic E-state index is 0.0745. The van der Waals surface area contributed by atoms with Gasteiger partial charge < -0.3 is 10.1 Å². The molecule has 6 nitrogen and oxygen atoms in total. The van der Waals surface area contributed by atoms with Crippen molar-refractivity contribution in [3.63, 3.8) is 0 Å². The maximum atomic E-state index is 12.5. The SMILES string of the molecule is O=C(NC1CCCn2ncnc21)C1CSc2ccccc2O1. The molecule has 2 aliphatic heterocycles. The van der Waals surface area contributed by atoms with Gasteiger partial charge in [0.05, 0.1) is 6.04 Å². The van der Waals surface area contributed by atoms with E-state index in [4.69, 9.17) is 4.74 Å². The molecule has 0 fully saturated rings. The van der Waals surface area contributed by atoms with Gasteiger partial charge >= 0.3 is 0 Å². The Bertz CT molecular complexity index is 702. The van der Waals surface area contributed by atoms with Crippen LogP contribution >= 0.6 is 11.8 Å². The molecule has 0 bridgehead atoms. The highest BCUT2D eigenvalue weighted by molar-refractivity contribution is 7.99. The number of thioether (sulfide) groups is 1. The number of para-hydroxylation sites is 1. The number of benzene rings is 1. The number of hydrogen-bond acceptors (Lipinski definition) is 5. The van der Waals surface area contributed by atoms with Crippen molar-refractivity contribution in [2.45, 2.75) is 36.4 Å². The Balaban J connectivity index is 1.46. The fourth-order valence-corrected chi connectivity index (χ4v) is 3.82. The number of aryl methyl sites for hydroxylation is 1. The van der Waals surface area contributed by atoms with Crippen LogP contribution in [0.1, 0.15) is 24.7 Å². The number of carbonyl (C=O) groups excluding carboxylic acids is 1. The van der Waals surface area contributed by atoms with E-state index >= 15 is 0 Å². The van der Waals surface area contributed by atoms with Gasteiger partial charge in [0.15, 0.2) is 6.10 Å². The minimum atomic E-state index is -0.460. The molecule has 4 rings (SSSR count). The first-order valence-electron chi connectivity index (χ1n) is 7.38. The Labute approximate surface area is 132 Å². The third-order valence-corrected chi connectivity index (χ3v) is 5.06. The lowest BCUT2D eigenvalue weighted by atomic mass is 10.1. The van der Waals surface area contributed by atoms with Crippen LogP contribution in [0.3, 0.4) is 0 Å². The van der Waals surface area contributed by atoms with E-state index in [-0.39, 0.29) is 11.9 Å². The summed E-state index contributed by atoms with van der Waals surface area (Å²) >= 11 is 1.66. The molecular weight excluding hydrogens is 300 g/mol. The van der Waals surface area contributed by atoms with Crippen LogP contribution in [0.15, 0.2) is 35.5 Å². The van der Waals surface area contributed by atoms with Crippen LogP contribution in [0.25, 0.3) is 0 Å². The lowest BCUT2D eigenvalue weighted by molar-refractivity contribution is -0.128. The first-order valence-corrected chi connectivity index (χ1v) is 8.36. The third kappa shape index (κ3) is 2.45. The van der Waals surface area contributed by atoms with Gasteiger partial charge in [-0.1, -0.05) is 12.1 Å². The zero-order valence-electron chi connectivity index (χ0n) is 11.9. The van der Waals surface area contributed by atoms with E-state index in [1.165, 1.54) is 0 Å². The average Bonchev–Trinajstić information content (AvgIpc) is 3.04. The van der Waals surface area contributed by atoms with Gasteiger partial charge in [-0.2, -0.15) is 5.10 Å². The van der Waals surface area contributed by atoms with Crippen LogP contribution < -0.4 is 10.1 Å². The maximum absolute atomic E-state index is 12.5. The fraction of sp³-hybridized carbons (Fsp3) is 0.400. The number of rotatable bonds is 2. The topological polar surface area (TPSA) is 69.0 Å². The van der Waals surface area contributed by atoms with Crippen LogP contribution in [-0.4, -0.2) is 32.5 Å². The van der Waals surface area contributed by atoms with Gasteiger partial charge in [0.2, 0.25) is 0 Å². The van der Waals surface area contributed by atoms with E-state index in [2.05, 4.69) is 15.4 Å². The van der Waals surface area contributed by atoms with Crippen LogP contribution in [0.2, 0.25) is 0 Å². The van der Waals surface area contributed by atoms with Crippen molar-refractivity contribution < 1.29 is 9.53 Å². The summed E-state index contributed by atoms with van der Waals surface area (Å²) in [5.41, 5.74) is 0. The second-order valence-electron chi connectivity index (χ2n) is 5.41. The van der Waals surface area contributed by atoms with Gasteiger partial charge in [-0.3, -0.25) is 4.79 Å². The van der Waals surface area contributed by atoms with E-state index in [0.29, 0.717) is 5.75 Å². The Hall–Kier alpha value is -2.02. The Kier molecular flexibility index (Phi) is 3.49. The summed E-state index contributed by atoms with van der Waals surface area (Å²) in [6, 6.07) is 7.74. The largest absolute Gasteiger partial charge is 0.479 e. The molecule has 0 saturated heterocycles. The predicted molar refractivity (Wildman–Crippen MR) is 81.7 cm³/mol. The van der Waals surface area contributed by atoms with Crippen molar-refractivity contribution in [3.05, 3.63) is 36.4 Å². The normalized spacial score (nSPS) is 23.1. The Morgan fingerprint density at radius 2 is 2.32 bits per heavy atom. The second-order valence-corrected chi connectivity index (χ2v) is 6.47. The zero-order valence-corrected chi connectivity index (χ0v) is 12.8. The highest BCUT2D eigenvalue weighted by Crippen LogP contribution is 2.35. The van der Waals surface area contributed by atoms with Gasteiger partial charge in [0, 0.05) is 17.2 Å². The predicted octanol–water partition coefficient (Wildman–Crippen LogP) is 1.78. The van der Waals surface area contributed by atoms with Crippen LogP contribution in [-0.2, 0) is 11.3 Å². The summed E-state index contributed by atoms with van der Waals surface area (Å²) in [4.78, 5) is 17.9. The molecule has 2 atom stereocenters. The quantitative estimate of drug-likeness (QED) is 0.914. The molecule has 114 valence electrons. The lowest BCUT2D eigenvalue weighted by Gasteiger charge is -2.28. The van der Waals surface area contributed by atoms with Crippen molar-refractivity contribution in [1.29, 1.82) is 0 Å². The molecule has 1 aromatic heterocycles. The molecule has 2 unspecified atom stereocenters. The van der Waals surface area contributed by atoms with E-state index in [0.717, 1.165) is 35.9 Å². The number of amides is 1. The summed E-state index contributed by atoms with van der Waals surface area (Å²) in [6.07, 6.45) is 2.96. The van der Waals surface area contributed by atoms with E-state index in [1.807, 2.05) is 28.9 Å². The molecule has 22 heavy (non-hydrogen) atoms. The van der Waals surface area contributed by atoms with E-state index in [9.17, 15) is 4.79 Å². The van der Waals surface area contributed by atoms with Crippen molar-refractivity contribution in [3.8, 4) is 5.75 Å². The number of fused-ring (bicyclic) bond motifs is 2. The van der Waals surface area contributed by atoms with Gasteiger partial charge in [0.25, 0.3) is 5.91 Å². The molecule has 0 saturated carbocycles. The number of ether oxygens (including phenoxy) is 1. The van der Waals surface area contributed by atoms with Crippen molar-refractivity contribution >= 4 is 17.7 Å². The number of aromatic nitrogens is 3. The third-order valence-electron chi connectivity index (χ3n) is 3.94. The number of hydrogen-bond donors (Lipinski definition) is 1. The van der Waals surface area contributed by atoms with Crippen LogP contribution in [0.4, 0.5) is 0 Å². The lowest BCUT2D eigenvalue weighted by Crippen LogP contribution is -2.44. The molecule has 0 aliphatic carbocycles. The molecule has 1 amide bonds. The summed E-state index contributed by atoms with van der Waals surface area (Å²) in [6.45, 7) is 0.866. The molecular formula is C15H16N4O2S. The maximum Gasteiger partial charge on any atom is 0.262 e. The standard InChI is InChI=1S/C15H16N4O2S/c20-15(12-8-22-13-6-2-1-5-11(13)21-12)18-10-4-3-7-19-14(10)16-9-17-19/h1-2,5-6,9-10,12H,3-4,7-8H2,(H,18,20). The monoisotopic (exact) mass is 316 g/mol. The molecule has 3 heterocycles. The average molecular weight is 316 g/mol. The second kappa shape index (κ2) is 5.64. The molecule has 7 heteroatoms. The highest BCUT2D eigenvalue weighted by Gasteiger charge is 2.30. The fourth-order valence-electron chi connectivity index (χ4n) is 2.84. The van der Waals surface area contributed by atoms with Crippen LogP contribution in [0.5, 0.6) is 5.75 Å². The first kappa shape index (κ1) is 13.6. The van der Waals surface area contributed by atoms with Crippen molar-refractivity contribution in [1.82, 2.24) is 20.1 Å². The van der Waals surface area contributed by atoms with Crippen LogP contribution in [0, 0.1) is 0 Å². The molecule has 2 aromatic rings. The van der Waals surface area contributed by atoms with Gasteiger partial charge in [-0.25, -0.2) is 9.67 Å². The summed E-state index contributed by atoms with van der Waals surface area (Å²) in [5, 5.41) is 7.24. The zero-order chi connectivity index (χ0) is 14.9. The summed E-state index contributed by atoms with van der Waals surface area (Å²) in [5.74, 6) is 2.17. The highest BCUT2D eigenvalue weighted by atomic mass is 32.2. The van der Waals surface area contributed by atoms with E-state index < -0.39 is 6.10 Å². The molecule has 2 aliphatic rings. The molecule has 0 spiro atoms. The van der Waals surface area contributed by atoms with Gasteiger partial charge in [-0.15, -0.1) is 11.8 Å². The number of nitrogens with zero attached hydrogens (tertiary/aromatic N) is 3. The van der Waals surface area contributed by atoms with Crippen molar-refractivity contribution in [2.24, 2.45) is 0 Å². The van der Waals surface area contributed by atoms with E-state index in [1.54, 1.807) is 18.1 Å². The van der Waals surface area contributed by atoms with Gasteiger partial charge in [-0.05, 0) is 25.0 Å². The van der Waals surface area contributed by atoms with Gasteiger partial charge in [0.1, 0.15) is 17.9 Å². The minimum Gasteiger partial charge on any atom is -0.479 e. The Morgan fingerprint density at radius 1 is 1.41 bits per heavy atom. The smallest absolute Gasteiger partial charge is 0.262 e. The summed E-state index contributed by atoms with van der Waals surface area (Å²) in [7, 11) is 0. The summed E-state index contributed by atoms with van der Waals surface area (Å²) < 4.78 is 7.69. The first-order chi connectivity index (χ1) is 10.8. The molecule has 1 aromatic carbocycles. The molecule has 0 radical (unpaired) electrons. The Morgan fingerprint density at radius 3 is 3.27 bits per heavy atom. The molecule has 1 N–H and O–H groups in total. The van der Waals surface area contributed by atoms with Crippen molar-refractivity contribution in [2.75, 3.05) is 5.75 Å².